The Morgan fingerprint density at radius 1 is 1.08 bits per heavy atom. The highest BCUT2D eigenvalue weighted by Crippen LogP contribution is 2.12. The number of nitrogens with zero attached hydrogens (tertiary/aromatic N) is 1. The third-order valence-corrected chi connectivity index (χ3v) is 3.09. The maximum Gasteiger partial charge on any atom is 0.0195 e. The molecule has 2 aliphatic heterocycles. The molecule has 2 nitrogen and oxygen atoms in total. The highest BCUT2D eigenvalue weighted by molar-refractivity contribution is 5.85. The number of rotatable bonds is 2. The van der Waals surface area contributed by atoms with Crippen LogP contribution in [0.1, 0.15) is 32.1 Å². The van der Waals surface area contributed by atoms with Gasteiger partial charge in [-0.3, -0.25) is 0 Å². The average molecular weight is 205 g/mol. The Bertz CT molecular complexity index is 129. The van der Waals surface area contributed by atoms with Crippen LogP contribution in [0.25, 0.3) is 0 Å². The molecule has 1 N–H and O–H groups in total. The van der Waals surface area contributed by atoms with Gasteiger partial charge in [-0.1, -0.05) is 6.42 Å². The molecule has 3 heteroatoms. The number of piperidine rings is 1. The second-order valence-corrected chi connectivity index (χ2v) is 4.15. The fourth-order valence-corrected chi connectivity index (χ4v) is 2.37. The Morgan fingerprint density at radius 3 is 2.46 bits per heavy atom. The van der Waals surface area contributed by atoms with Crippen molar-refractivity contribution in [2.24, 2.45) is 0 Å². The minimum Gasteiger partial charge on any atom is -0.313 e. The molecule has 2 fully saturated rings. The van der Waals surface area contributed by atoms with Crippen molar-refractivity contribution in [1.29, 1.82) is 0 Å². The van der Waals surface area contributed by atoms with E-state index in [1.54, 1.807) is 0 Å². The van der Waals surface area contributed by atoms with Gasteiger partial charge in [0.15, 0.2) is 0 Å². The third-order valence-electron chi connectivity index (χ3n) is 3.09. The molecule has 0 spiro atoms. The molecule has 0 radical (unpaired) electrons. The van der Waals surface area contributed by atoms with Gasteiger partial charge < -0.3 is 10.2 Å². The summed E-state index contributed by atoms with van der Waals surface area (Å²) in [6.07, 6.45) is 7.09. The summed E-state index contributed by atoms with van der Waals surface area (Å²) in [7, 11) is 0. The van der Waals surface area contributed by atoms with E-state index in [-0.39, 0.29) is 12.4 Å². The molecule has 2 saturated heterocycles. The Morgan fingerprint density at radius 2 is 1.85 bits per heavy atom. The van der Waals surface area contributed by atoms with E-state index >= 15 is 0 Å². The zero-order valence-corrected chi connectivity index (χ0v) is 9.11. The van der Waals surface area contributed by atoms with Gasteiger partial charge in [-0.15, -0.1) is 12.4 Å². The summed E-state index contributed by atoms with van der Waals surface area (Å²) in [6, 6.07) is 0.808. The van der Waals surface area contributed by atoms with Crippen molar-refractivity contribution < 1.29 is 0 Å². The standard InChI is InChI=1S/C10H20N2.ClH/c1-2-7-12(8-3-1)9-10-5-4-6-11-10;/h10-11H,1-9H2;1H/t10-;/m0./s1. The van der Waals surface area contributed by atoms with E-state index in [2.05, 4.69) is 10.2 Å². The predicted octanol–water partition coefficient (Wildman–Crippen LogP) is 1.65. The van der Waals surface area contributed by atoms with Crippen LogP contribution in [0.3, 0.4) is 0 Å². The van der Waals surface area contributed by atoms with E-state index < -0.39 is 0 Å². The molecule has 13 heavy (non-hydrogen) atoms. The molecule has 2 rings (SSSR count). The smallest absolute Gasteiger partial charge is 0.0195 e. The number of nitrogens with one attached hydrogen (secondary N) is 1. The first kappa shape index (κ1) is 11.3. The number of likely N-dealkylation sites (tertiary alicyclic amines) is 1. The lowest BCUT2D eigenvalue weighted by Gasteiger charge is -2.28. The monoisotopic (exact) mass is 204 g/mol. The molecule has 0 bridgehead atoms. The normalized spacial score (nSPS) is 30.0. The molecule has 0 aromatic rings. The van der Waals surface area contributed by atoms with Crippen LogP contribution >= 0.6 is 12.4 Å². The van der Waals surface area contributed by atoms with Gasteiger partial charge >= 0.3 is 0 Å². The predicted molar refractivity (Wildman–Crippen MR) is 58.6 cm³/mol. The summed E-state index contributed by atoms with van der Waals surface area (Å²) in [5, 5.41) is 3.56. The van der Waals surface area contributed by atoms with E-state index in [0.29, 0.717) is 0 Å². The van der Waals surface area contributed by atoms with Gasteiger partial charge in [0.25, 0.3) is 0 Å². The second-order valence-electron chi connectivity index (χ2n) is 4.15. The van der Waals surface area contributed by atoms with Gasteiger partial charge in [0.1, 0.15) is 0 Å². The molecule has 78 valence electrons. The van der Waals surface area contributed by atoms with Gasteiger partial charge in [0, 0.05) is 12.6 Å². The fraction of sp³-hybridized carbons (Fsp3) is 1.00. The van der Waals surface area contributed by atoms with Crippen LogP contribution in [-0.4, -0.2) is 37.1 Å². The van der Waals surface area contributed by atoms with Crippen molar-refractivity contribution in [1.82, 2.24) is 10.2 Å². The highest BCUT2D eigenvalue weighted by atomic mass is 35.5. The van der Waals surface area contributed by atoms with Crippen LogP contribution in [0.15, 0.2) is 0 Å². The Kier molecular flexibility index (Phi) is 5.07. The lowest BCUT2D eigenvalue weighted by Crippen LogP contribution is -2.40. The van der Waals surface area contributed by atoms with E-state index in [4.69, 9.17) is 0 Å². The maximum absolute atomic E-state index is 3.56. The van der Waals surface area contributed by atoms with Crippen molar-refractivity contribution >= 4 is 12.4 Å². The SMILES string of the molecule is C1CCN(C[C@@H]2CCCN2)CC1.Cl. The Hall–Kier alpha value is 0.210. The van der Waals surface area contributed by atoms with E-state index in [0.717, 1.165) is 6.04 Å². The summed E-state index contributed by atoms with van der Waals surface area (Å²) in [5.74, 6) is 0. The summed E-state index contributed by atoms with van der Waals surface area (Å²) in [6.45, 7) is 5.24. The molecule has 1 atom stereocenters. The van der Waals surface area contributed by atoms with Crippen molar-refractivity contribution in [3.63, 3.8) is 0 Å². The summed E-state index contributed by atoms with van der Waals surface area (Å²) >= 11 is 0. The fourth-order valence-electron chi connectivity index (χ4n) is 2.37. The first-order valence-electron chi connectivity index (χ1n) is 5.41. The Balaban J connectivity index is 0.000000845. The summed E-state index contributed by atoms with van der Waals surface area (Å²) in [5.41, 5.74) is 0. The minimum atomic E-state index is 0. The molecule has 2 aliphatic rings. The van der Waals surface area contributed by atoms with Crippen molar-refractivity contribution in [3.05, 3.63) is 0 Å². The molecular formula is C10H21ClN2. The largest absolute Gasteiger partial charge is 0.313 e. The second kappa shape index (κ2) is 5.84. The minimum absolute atomic E-state index is 0. The van der Waals surface area contributed by atoms with Gasteiger partial charge in [-0.2, -0.15) is 0 Å². The topological polar surface area (TPSA) is 15.3 Å². The quantitative estimate of drug-likeness (QED) is 0.736. The van der Waals surface area contributed by atoms with Crippen LogP contribution in [0, 0.1) is 0 Å². The van der Waals surface area contributed by atoms with E-state index in [1.165, 1.54) is 58.3 Å². The van der Waals surface area contributed by atoms with Crippen LogP contribution in [0.4, 0.5) is 0 Å². The van der Waals surface area contributed by atoms with Gasteiger partial charge in [-0.25, -0.2) is 0 Å². The zero-order chi connectivity index (χ0) is 8.23. The average Bonchev–Trinajstić information content (AvgIpc) is 2.59. The lowest BCUT2D eigenvalue weighted by atomic mass is 10.1. The molecule has 0 aromatic carbocycles. The molecule has 0 amide bonds. The molecular weight excluding hydrogens is 184 g/mol. The first-order chi connectivity index (χ1) is 5.95. The zero-order valence-electron chi connectivity index (χ0n) is 8.30. The molecule has 0 aromatic heterocycles. The van der Waals surface area contributed by atoms with Gasteiger partial charge in [-0.05, 0) is 45.3 Å². The molecule has 2 heterocycles. The van der Waals surface area contributed by atoms with Gasteiger partial charge in [0.2, 0.25) is 0 Å². The number of halogens is 1. The highest BCUT2D eigenvalue weighted by Gasteiger charge is 2.18. The van der Waals surface area contributed by atoms with Crippen molar-refractivity contribution in [3.8, 4) is 0 Å². The Labute approximate surface area is 87.5 Å². The van der Waals surface area contributed by atoms with Crippen LogP contribution in [0.2, 0.25) is 0 Å². The maximum atomic E-state index is 3.56. The molecule has 0 aliphatic carbocycles. The summed E-state index contributed by atoms with van der Waals surface area (Å²) < 4.78 is 0. The first-order valence-corrected chi connectivity index (χ1v) is 5.41. The lowest BCUT2D eigenvalue weighted by molar-refractivity contribution is 0.210. The third kappa shape index (κ3) is 3.45. The van der Waals surface area contributed by atoms with E-state index in [1.807, 2.05) is 0 Å². The van der Waals surface area contributed by atoms with Crippen LogP contribution in [0.5, 0.6) is 0 Å². The van der Waals surface area contributed by atoms with Crippen molar-refractivity contribution in [2.75, 3.05) is 26.2 Å². The summed E-state index contributed by atoms with van der Waals surface area (Å²) in [4.78, 5) is 2.63. The van der Waals surface area contributed by atoms with Gasteiger partial charge in [0.05, 0.1) is 0 Å². The van der Waals surface area contributed by atoms with Crippen LogP contribution < -0.4 is 5.32 Å². The number of hydrogen-bond acceptors (Lipinski definition) is 2. The molecule has 0 saturated carbocycles. The number of hydrogen-bond donors (Lipinski definition) is 1. The van der Waals surface area contributed by atoms with E-state index in [9.17, 15) is 0 Å². The van der Waals surface area contributed by atoms with Crippen LogP contribution in [-0.2, 0) is 0 Å². The molecule has 0 unspecified atom stereocenters. The van der Waals surface area contributed by atoms with Crippen molar-refractivity contribution in [2.45, 2.75) is 38.1 Å².